The van der Waals surface area contributed by atoms with Gasteiger partial charge < -0.3 is 9.16 Å². The van der Waals surface area contributed by atoms with Crippen LogP contribution in [-0.2, 0) is 14.0 Å². The predicted octanol–water partition coefficient (Wildman–Crippen LogP) is 5.86. The molecule has 140 valence electrons. The molecule has 24 heavy (non-hydrogen) atoms. The van der Waals surface area contributed by atoms with Crippen LogP contribution < -0.4 is 0 Å². The Kier molecular flexibility index (Phi) is 8.72. The van der Waals surface area contributed by atoms with Crippen molar-refractivity contribution in [1.82, 2.24) is 0 Å². The molecule has 0 bridgehead atoms. The zero-order chi connectivity index (χ0) is 18.2. The highest BCUT2D eigenvalue weighted by Crippen LogP contribution is 2.37. The molecule has 1 fully saturated rings. The Morgan fingerprint density at radius 3 is 2.33 bits per heavy atom. The van der Waals surface area contributed by atoms with Crippen LogP contribution in [0.1, 0.15) is 72.6 Å². The van der Waals surface area contributed by atoms with Gasteiger partial charge in [0, 0.05) is 6.42 Å². The van der Waals surface area contributed by atoms with E-state index in [1.807, 2.05) is 6.92 Å². The molecule has 0 heterocycles. The Bertz CT molecular complexity index is 404. The summed E-state index contributed by atoms with van der Waals surface area (Å²) in [6, 6.07) is 0. The molecule has 0 aromatic rings. The van der Waals surface area contributed by atoms with Crippen LogP contribution in [0.2, 0.25) is 18.1 Å². The average molecular weight is 355 g/mol. The van der Waals surface area contributed by atoms with Gasteiger partial charge in [-0.3, -0.25) is 0 Å². The minimum atomic E-state index is -1.99. The van der Waals surface area contributed by atoms with Gasteiger partial charge in [0.2, 0.25) is 0 Å². The maximum atomic E-state index is 12.3. The normalized spacial score (nSPS) is 18.8. The number of carbonyl (C=O) groups excluding carboxylic acids is 1. The summed E-state index contributed by atoms with van der Waals surface area (Å²) in [6.07, 6.45) is 12.5. The summed E-state index contributed by atoms with van der Waals surface area (Å²) in [5.41, 5.74) is 0. The molecule has 4 heteroatoms. The van der Waals surface area contributed by atoms with Crippen molar-refractivity contribution >= 4 is 14.3 Å². The Labute approximate surface area is 150 Å². The predicted molar refractivity (Wildman–Crippen MR) is 104 cm³/mol. The lowest BCUT2D eigenvalue weighted by atomic mass is 9.87. The van der Waals surface area contributed by atoms with Gasteiger partial charge in [-0.1, -0.05) is 65.0 Å². The van der Waals surface area contributed by atoms with E-state index in [-0.39, 0.29) is 11.0 Å². The first-order chi connectivity index (χ1) is 11.2. The van der Waals surface area contributed by atoms with Crippen molar-refractivity contribution in [2.75, 3.05) is 6.61 Å². The Hall–Kier alpha value is -0.613. The molecular formula is C20H38O3Si. The number of carbonyl (C=O) groups is 1. The van der Waals surface area contributed by atoms with Crippen LogP contribution in [0.25, 0.3) is 0 Å². The fraction of sp³-hybridized carbons (Fsp3) is 0.850. The fourth-order valence-corrected chi connectivity index (χ4v) is 4.15. The van der Waals surface area contributed by atoms with Gasteiger partial charge in [-0.2, -0.15) is 0 Å². The number of hydrogen-bond donors (Lipinski definition) is 0. The van der Waals surface area contributed by atoms with Gasteiger partial charge in [0.25, 0.3) is 0 Å². The molecule has 0 radical (unpaired) electrons. The van der Waals surface area contributed by atoms with Crippen LogP contribution >= 0.6 is 0 Å². The van der Waals surface area contributed by atoms with Gasteiger partial charge in [0.1, 0.15) is 6.10 Å². The zero-order valence-corrected chi connectivity index (χ0v) is 17.7. The van der Waals surface area contributed by atoms with E-state index < -0.39 is 14.4 Å². The van der Waals surface area contributed by atoms with Crippen LogP contribution in [0.4, 0.5) is 0 Å². The monoisotopic (exact) mass is 354 g/mol. The van der Waals surface area contributed by atoms with Gasteiger partial charge in [-0.25, -0.2) is 4.79 Å². The number of allylic oxidation sites excluding steroid dienone is 1. The SMILES string of the molecule is CCOC(=O)C(CC=CCC1CCCCC1)O[Si](C)(C)C(C)(C)C. The van der Waals surface area contributed by atoms with Crippen molar-refractivity contribution < 1.29 is 14.0 Å². The maximum absolute atomic E-state index is 12.3. The summed E-state index contributed by atoms with van der Waals surface area (Å²) < 4.78 is 11.6. The van der Waals surface area contributed by atoms with E-state index in [1.165, 1.54) is 32.1 Å². The average Bonchev–Trinajstić information content (AvgIpc) is 2.50. The molecule has 1 aliphatic carbocycles. The van der Waals surface area contributed by atoms with Gasteiger partial charge in [0.15, 0.2) is 8.32 Å². The summed E-state index contributed by atoms with van der Waals surface area (Å²) >= 11 is 0. The number of hydrogen-bond acceptors (Lipinski definition) is 3. The maximum Gasteiger partial charge on any atom is 0.334 e. The molecule has 0 amide bonds. The molecule has 0 aliphatic heterocycles. The molecule has 1 rings (SSSR count). The Morgan fingerprint density at radius 1 is 1.17 bits per heavy atom. The van der Waals surface area contributed by atoms with Crippen LogP contribution in [-0.4, -0.2) is 27.0 Å². The summed E-state index contributed by atoms with van der Waals surface area (Å²) in [5.74, 6) is 0.613. The van der Waals surface area contributed by atoms with Gasteiger partial charge in [0.05, 0.1) is 6.61 Å². The van der Waals surface area contributed by atoms with Crippen molar-refractivity contribution in [3.05, 3.63) is 12.2 Å². The zero-order valence-electron chi connectivity index (χ0n) is 16.7. The lowest BCUT2D eigenvalue weighted by Gasteiger charge is -2.38. The lowest BCUT2D eigenvalue weighted by Crippen LogP contribution is -2.46. The van der Waals surface area contributed by atoms with Gasteiger partial charge in [-0.15, -0.1) is 0 Å². The fourth-order valence-electron chi connectivity index (χ4n) is 2.89. The molecule has 1 saturated carbocycles. The highest BCUT2D eigenvalue weighted by molar-refractivity contribution is 6.74. The van der Waals surface area contributed by atoms with Crippen molar-refractivity contribution in [2.45, 2.75) is 96.9 Å². The van der Waals surface area contributed by atoms with Gasteiger partial charge >= 0.3 is 5.97 Å². The van der Waals surface area contributed by atoms with Crippen molar-refractivity contribution in [1.29, 1.82) is 0 Å². The van der Waals surface area contributed by atoms with Crippen molar-refractivity contribution in [2.24, 2.45) is 5.92 Å². The minimum absolute atomic E-state index is 0.0869. The smallest absolute Gasteiger partial charge is 0.334 e. The van der Waals surface area contributed by atoms with Crippen LogP contribution in [0.3, 0.4) is 0 Å². The highest BCUT2D eigenvalue weighted by atomic mass is 28.4. The molecule has 0 spiro atoms. The molecule has 0 saturated heterocycles. The van der Waals surface area contributed by atoms with Gasteiger partial charge in [-0.05, 0) is 37.4 Å². The summed E-state index contributed by atoms with van der Waals surface area (Å²) in [6.45, 7) is 13.2. The first-order valence-corrected chi connectivity index (χ1v) is 12.6. The molecule has 1 unspecified atom stereocenters. The van der Waals surface area contributed by atoms with Crippen LogP contribution in [0.15, 0.2) is 12.2 Å². The number of esters is 1. The molecule has 1 atom stereocenters. The molecule has 0 aromatic carbocycles. The van der Waals surface area contributed by atoms with E-state index in [0.29, 0.717) is 13.0 Å². The molecule has 1 aliphatic rings. The summed E-state index contributed by atoms with van der Waals surface area (Å²) in [4.78, 5) is 12.3. The second-order valence-corrected chi connectivity index (χ2v) is 13.3. The van der Waals surface area contributed by atoms with E-state index in [2.05, 4.69) is 46.0 Å². The van der Waals surface area contributed by atoms with E-state index in [0.717, 1.165) is 12.3 Å². The van der Waals surface area contributed by atoms with Crippen LogP contribution in [0.5, 0.6) is 0 Å². The van der Waals surface area contributed by atoms with E-state index >= 15 is 0 Å². The number of ether oxygens (including phenoxy) is 1. The van der Waals surface area contributed by atoms with E-state index in [4.69, 9.17) is 9.16 Å². The largest absolute Gasteiger partial charge is 0.464 e. The molecular weight excluding hydrogens is 316 g/mol. The third-order valence-corrected chi connectivity index (χ3v) is 9.99. The molecule has 3 nitrogen and oxygen atoms in total. The lowest BCUT2D eigenvalue weighted by molar-refractivity contribution is -0.151. The van der Waals surface area contributed by atoms with Crippen LogP contribution in [0, 0.1) is 5.92 Å². The Morgan fingerprint density at radius 2 is 1.79 bits per heavy atom. The third kappa shape index (κ3) is 7.10. The second kappa shape index (κ2) is 9.76. The minimum Gasteiger partial charge on any atom is -0.464 e. The highest BCUT2D eigenvalue weighted by Gasteiger charge is 2.40. The van der Waals surface area contributed by atoms with Crippen molar-refractivity contribution in [3.63, 3.8) is 0 Å². The molecule has 0 N–H and O–H groups in total. The third-order valence-electron chi connectivity index (χ3n) is 5.50. The molecule has 0 aromatic heterocycles. The number of rotatable bonds is 8. The topological polar surface area (TPSA) is 35.5 Å². The summed E-state index contributed by atoms with van der Waals surface area (Å²) in [7, 11) is -1.99. The quantitative estimate of drug-likeness (QED) is 0.311. The second-order valence-electron chi connectivity index (χ2n) is 8.57. The first-order valence-electron chi connectivity index (χ1n) is 9.67. The van der Waals surface area contributed by atoms with E-state index in [1.54, 1.807) is 0 Å². The standard InChI is InChI=1S/C20H38O3Si/c1-7-22-19(21)18(23-24(5,6)20(2,3)4)16-12-11-15-17-13-9-8-10-14-17/h11-12,17-18H,7-10,13-16H2,1-6H3. The van der Waals surface area contributed by atoms with E-state index in [9.17, 15) is 4.79 Å². The first kappa shape index (κ1) is 21.4. The van der Waals surface area contributed by atoms with Crippen molar-refractivity contribution in [3.8, 4) is 0 Å². The Balaban J connectivity index is 2.60. The summed E-state index contributed by atoms with van der Waals surface area (Å²) in [5, 5.41) is 0.0869.